The van der Waals surface area contributed by atoms with Crippen LogP contribution in [0, 0.1) is 6.92 Å². The lowest BCUT2D eigenvalue weighted by Gasteiger charge is -2.34. The molecule has 1 fully saturated rings. The van der Waals surface area contributed by atoms with Gasteiger partial charge in [0, 0.05) is 30.9 Å². The van der Waals surface area contributed by atoms with E-state index in [0.717, 1.165) is 31.4 Å². The number of piperidine rings is 1. The summed E-state index contributed by atoms with van der Waals surface area (Å²) in [6.07, 6.45) is -2.02. The van der Waals surface area contributed by atoms with Crippen LogP contribution in [-0.4, -0.2) is 39.7 Å². The lowest BCUT2D eigenvalue weighted by Crippen LogP contribution is -2.49. The van der Waals surface area contributed by atoms with Gasteiger partial charge in [-0.05, 0) is 44.4 Å². The molecule has 0 bridgehead atoms. The fraction of sp³-hybridized carbons (Fsp3) is 0.421. The van der Waals surface area contributed by atoms with Crippen LogP contribution in [0.4, 0.5) is 13.2 Å². The van der Waals surface area contributed by atoms with Crippen molar-refractivity contribution in [3.8, 4) is 5.69 Å². The molecular formula is C19H22ClF3N4O2. The lowest BCUT2D eigenvalue weighted by atomic mass is 10.0. The highest BCUT2D eigenvalue weighted by molar-refractivity contribution is 5.92. The average Bonchev–Trinajstić information content (AvgIpc) is 2.67. The molecule has 2 N–H and O–H groups in total. The molecule has 1 saturated heterocycles. The van der Waals surface area contributed by atoms with Crippen molar-refractivity contribution in [1.82, 2.24) is 14.7 Å². The summed E-state index contributed by atoms with van der Waals surface area (Å²) in [5, 5.41) is 4.11. The number of nitrogens with two attached hydrogens (primary N) is 1. The van der Waals surface area contributed by atoms with Gasteiger partial charge in [0.1, 0.15) is 0 Å². The summed E-state index contributed by atoms with van der Waals surface area (Å²) in [6.45, 7) is 2.30. The second-order valence-electron chi connectivity index (χ2n) is 6.84. The molecule has 2 aromatic rings. The molecule has 1 aromatic carbocycles. The van der Waals surface area contributed by atoms with Crippen molar-refractivity contribution in [1.29, 1.82) is 0 Å². The quantitative estimate of drug-likeness (QED) is 0.811. The van der Waals surface area contributed by atoms with E-state index in [0.29, 0.717) is 12.2 Å². The zero-order valence-corrected chi connectivity index (χ0v) is 16.6. The van der Waals surface area contributed by atoms with Gasteiger partial charge in [0.15, 0.2) is 5.69 Å². The summed E-state index contributed by atoms with van der Waals surface area (Å²) in [7, 11) is 0. The van der Waals surface area contributed by atoms with E-state index in [1.54, 1.807) is 11.8 Å². The third-order valence-electron chi connectivity index (χ3n) is 4.89. The summed E-state index contributed by atoms with van der Waals surface area (Å²) in [5.74, 6) is -0.541. The monoisotopic (exact) mass is 430 g/mol. The Bertz CT molecular complexity index is 946. The van der Waals surface area contributed by atoms with Gasteiger partial charge in [-0.1, -0.05) is 6.07 Å². The highest BCUT2D eigenvalue weighted by Crippen LogP contribution is 2.30. The van der Waals surface area contributed by atoms with Gasteiger partial charge in [-0.15, -0.1) is 12.4 Å². The van der Waals surface area contributed by atoms with E-state index in [1.165, 1.54) is 22.9 Å². The molecule has 0 aliphatic carbocycles. The summed E-state index contributed by atoms with van der Waals surface area (Å²) in [4.78, 5) is 26.9. The molecule has 0 spiro atoms. The van der Waals surface area contributed by atoms with E-state index >= 15 is 0 Å². The van der Waals surface area contributed by atoms with Gasteiger partial charge in [0.25, 0.3) is 5.91 Å². The van der Waals surface area contributed by atoms with Crippen LogP contribution in [-0.2, 0) is 6.18 Å². The third kappa shape index (κ3) is 4.79. The maximum Gasteiger partial charge on any atom is 0.416 e. The first-order valence-corrected chi connectivity index (χ1v) is 9.02. The number of hydrogen-bond acceptors (Lipinski definition) is 4. The minimum atomic E-state index is -4.51. The Hall–Kier alpha value is -2.39. The van der Waals surface area contributed by atoms with Gasteiger partial charge in [-0.2, -0.15) is 18.3 Å². The fourth-order valence-corrected chi connectivity index (χ4v) is 3.42. The molecule has 0 saturated carbocycles. The number of alkyl halides is 3. The second kappa shape index (κ2) is 8.96. The van der Waals surface area contributed by atoms with Crippen molar-refractivity contribution >= 4 is 18.3 Å². The Balaban J connectivity index is 0.00000300. The predicted molar refractivity (Wildman–Crippen MR) is 105 cm³/mol. The number of carbonyl (C=O) groups is 1. The van der Waals surface area contributed by atoms with Crippen molar-refractivity contribution in [2.45, 2.75) is 38.4 Å². The van der Waals surface area contributed by atoms with E-state index in [-0.39, 0.29) is 36.4 Å². The molecular weight excluding hydrogens is 409 g/mol. The topological polar surface area (TPSA) is 81.2 Å². The van der Waals surface area contributed by atoms with Crippen LogP contribution in [0.25, 0.3) is 5.69 Å². The predicted octanol–water partition coefficient (Wildman–Crippen LogP) is 2.93. The summed E-state index contributed by atoms with van der Waals surface area (Å²) < 4.78 is 40.3. The van der Waals surface area contributed by atoms with Crippen LogP contribution in [0.1, 0.15) is 41.0 Å². The Labute approximate surface area is 171 Å². The molecule has 1 aliphatic rings. The first kappa shape index (κ1) is 22.9. The van der Waals surface area contributed by atoms with Crippen LogP contribution >= 0.6 is 12.4 Å². The normalized spacial score (nSPS) is 17.0. The molecule has 0 radical (unpaired) electrons. The van der Waals surface area contributed by atoms with E-state index in [1.807, 2.05) is 0 Å². The number of rotatable bonds is 3. The molecule has 1 unspecified atom stereocenters. The highest BCUT2D eigenvalue weighted by atomic mass is 35.5. The maximum absolute atomic E-state index is 13.0. The van der Waals surface area contributed by atoms with Crippen molar-refractivity contribution < 1.29 is 18.0 Å². The van der Waals surface area contributed by atoms with Crippen molar-refractivity contribution in [2.75, 3.05) is 13.1 Å². The number of carbonyl (C=O) groups excluding carboxylic acids is 1. The molecule has 1 amide bonds. The van der Waals surface area contributed by atoms with E-state index in [4.69, 9.17) is 5.73 Å². The third-order valence-corrected chi connectivity index (χ3v) is 4.89. The summed E-state index contributed by atoms with van der Waals surface area (Å²) in [6, 6.07) is 5.62. The summed E-state index contributed by atoms with van der Waals surface area (Å²) in [5.41, 5.74) is 4.48. The Morgan fingerprint density at radius 3 is 2.66 bits per heavy atom. The molecule has 3 rings (SSSR count). The molecule has 2 heterocycles. The first-order valence-electron chi connectivity index (χ1n) is 9.02. The Kier molecular flexibility index (Phi) is 7.07. The Morgan fingerprint density at radius 2 is 2.00 bits per heavy atom. The highest BCUT2D eigenvalue weighted by Gasteiger charge is 2.31. The number of benzene rings is 1. The largest absolute Gasteiger partial charge is 0.416 e. The maximum atomic E-state index is 13.0. The zero-order valence-electron chi connectivity index (χ0n) is 15.8. The van der Waals surface area contributed by atoms with Crippen LogP contribution in [0.2, 0.25) is 0 Å². The second-order valence-corrected chi connectivity index (χ2v) is 6.84. The van der Waals surface area contributed by atoms with Crippen LogP contribution < -0.4 is 11.2 Å². The lowest BCUT2D eigenvalue weighted by molar-refractivity contribution is -0.137. The van der Waals surface area contributed by atoms with Crippen LogP contribution in [0.3, 0.4) is 0 Å². The summed E-state index contributed by atoms with van der Waals surface area (Å²) >= 11 is 0. The molecule has 1 aliphatic heterocycles. The van der Waals surface area contributed by atoms with E-state index in [9.17, 15) is 22.8 Å². The van der Waals surface area contributed by atoms with Gasteiger partial charge >= 0.3 is 6.18 Å². The standard InChI is InChI=1S/C19H21F3N4O2.ClH/c1-12-9-16(27)17(18(28)25-8-3-2-6-15(25)11-23)24-26(12)14-7-4-5-13(10-14)19(20,21)22;/h4-5,7,9-10,15H,2-3,6,8,11,23H2,1H3;1H. The van der Waals surface area contributed by atoms with E-state index in [2.05, 4.69) is 5.10 Å². The minimum Gasteiger partial charge on any atom is -0.333 e. The molecule has 6 nitrogen and oxygen atoms in total. The number of aryl methyl sites for hydroxylation is 1. The number of likely N-dealkylation sites (tertiary alicyclic amines) is 1. The van der Waals surface area contributed by atoms with Crippen molar-refractivity contribution in [3.63, 3.8) is 0 Å². The minimum absolute atomic E-state index is 0. The molecule has 1 atom stereocenters. The number of amides is 1. The Morgan fingerprint density at radius 1 is 1.28 bits per heavy atom. The van der Waals surface area contributed by atoms with Gasteiger partial charge in [0.2, 0.25) is 5.43 Å². The SMILES string of the molecule is Cc1cc(=O)c(C(=O)N2CCCCC2CN)nn1-c1cccc(C(F)(F)F)c1.Cl. The fourth-order valence-electron chi connectivity index (χ4n) is 3.42. The smallest absolute Gasteiger partial charge is 0.333 e. The van der Waals surface area contributed by atoms with Crippen molar-refractivity contribution in [2.24, 2.45) is 5.73 Å². The number of aromatic nitrogens is 2. The molecule has 158 valence electrons. The molecule has 29 heavy (non-hydrogen) atoms. The number of hydrogen-bond donors (Lipinski definition) is 1. The molecule has 1 aromatic heterocycles. The van der Waals surface area contributed by atoms with E-state index < -0.39 is 23.1 Å². The first-order chi connectivity index (χ1) is 13.2. The van der Waals surface area contributed by atoms with Gasteiger partial charge in [0.05, 0.1) is 11.3 Å². The van der Waals surface area contributed by atoms with Gasteiger partial charge in [-0.3, -0.25) is 9.59 Å². The van der Waals surface area contributed by atoms with Crippen LogP contribution in [0.15, 0.2) is 35.1 Å². The molecule has 10 heteroatoms. The van der Waals surface area contributed by atoms with Crippen LogP contribution in [0.5, 0.6) is 0 Å². The van der Waals surface area contributed by atoms with Gasteiger partial charge < -0.3 is 10.6 Å². The average molecular weight is 431 g/mol. The number of halogens is 4. The van der Waals surface area contributed by atoms with Gasteiger partial charge in [-0.25, -0.2) is 4.68 Å². The number of nitrogens with zero attached hydrogens (tertiary/aromatic N) is 3. The zero-order chi connectivity index (χ0) is 20.5. The van der Waals surface area contributed by atoms with Crippen molar-refractivity contribution in [3.05, 3.63) is 57.5 Å².